The van der Waals surface area contributed by atoms with E-state index in [-0.39, 0.29) is 31.1 Å². The molecule has 444 valence electrons. The van der Waals surface area contributed by atoms with Crippen LogP contribution in [0.1, 0.15) is 361 Å². The number of hydrogen-bond donors (Lipinski definition) is 0. The molecule has 0 aromatic heterocycles. The zero-order valence-electron chi connectivity index (χ0n) is 51.0. The van der Waals surface area contributed by atoms with Crippen LogP contribution in [-0.2, 0) is 28.6 Å². The van der Waals surface area contributed by atoms with Gasteiger partial charge in [-0.1, -0.05) is 288 Å². The maximum atomic E-state index is 12.9. The number of hydrogen-bond acceptors (Lipinski definition) is 6. The Kier molecular flexibility index (Phi) is 62.6. The van der Waals surface area contributed by atoms with Gasteiger partial charge in [0, 0.05) is 19.3 Å². The van der Waals surface area contributed by atoms with Crippen LogP contribution in [0, 0.1) is 0 Å². The lowest BCUT2D eigenvalue weighted by Crippen LogP contribution is -2.30. The van der Waals surface area contributed by atoms with Crippen molar-refractivity contribution in [2.24, 2.45) is 0 Å². The van der Waals surface area contributed by atoms with Crippen LogP contribution >= 0.6 is 0 Å². The second-order valence-corrected chi connectivity index (χ2v) is 22.7. The van der Waals surface area contributed by atoms with Gasteiger partial charge in [0.1, 0.15) is 13.2 Å². The molecule has 0 aliphatic carbocycles. The third kappa shape index (κ3) is 62.2. The SMILES string of the molecule is CCCCCCC/C=C\C/C=C\CCCCCCCCCCCCCCCCCCCC(=O)OCC(COC(=O)CCCCCCC/C=C\CCCCCCC)OC(=O)CCCCCCC/C=C\CCCCCCCC. The molecular formula is C70H128O6. The standard InChI is InChI=1S/C70H128O6/c1-4-7-10-13-16-19-22-25-28-29-30-31-32-33-34-35-36-37-38-39-40-41-43-45-48-51-54-57-60-63-69(72)75-66-67(65-74-68(71)62-59-56-53-50-47-44-27-24-21-18-15-12-9-6-3)76-70(73)64-61-58-55-52-49-46-42-26-23-20-17-14-11-8-5-2/h22,24-27,29-30,42,67H,4-21,23,28,31-41,43-66H2,1-3H3/b25-22-,27-24-,30-29-,42-26-. The summed E-state index contributed by atoms with van der Waals surface area (Å²) in [6.07, 6.45) is 81.3. The van der Waals surface area contributed by atoms with Crippen LogP contribution in [0.2, 0.25) is 0 Å². The van der Waals surface area contributed by atoms with Crippen molar-refractivity contribution in [1.29, 1.82) is 0 Å². The predicted molar refractivity (Wildman–Crippen MR) is 330 cm³/mol. The van der Waals surface area contributed by atoms with Gasteiger partial charge in [0.2, 0.25) is 0 Å². The van der Waals surface area contributed by atoms with E-state index in [4.69, 9.17) is 14.2 Å². The normalized spacial score (nSPS) is 12.3. The Morgan fingerprint density at radius 1 is 0.263 bits per heavy atom. The summed E-state index contributed by atoms with van der Waals surface area (Å²) in [6, 6.07) is 0. The lowest BCUT2D eigenvalue weighted by atomic mass is 10.0. The molecule has 1 unspecified atom stereocenters. The summed E-state index contributed by atoms with van der Waals surface area (Å²) in [5, 5.41) is 0. The van der Waals surface area contributed by atoms with E-state index < -0.39 is 6.10 Å². The second-order valence-electron chi connectivity index (χ2n) is 22.7. The average Bonchev–Trinajstić information content (AvgIpc) is 3.42. The predicted octanol–water partition coefficient (Wildman–Crippen LogP) is 22.9. The minimum absolute atomic E-state index is 0.0756. The number of esters is 3. The van der Waals surface area contributed by atoms with Crippen LogP contribution in [0.15, 0.2) is 48.6 Å². The van der Waals surface area contributed by atoms with Crippen LogP contribution in [0.5, 0.6) is 0 Å². The molecule has 0 bridgehead atoms. The van der Waals surface area contributed by atoms with E-state index in [0.29, 0.717) is 19.3 Å². The fourth-order valence-electron chi connectivity index (χ4n) is 9.94. The number of ether oxygens (including phenoxy) is 3. The summed E-state index contributed by atoms with van der Waals surface area (Å²) in [5.41, 5.74) is 0. The molecule has 0 radical (unpaired) electrons. The molecule has 0 N–H and O–H groups in total. The van der Waals surface area contributed by atoms with Gasteiger partial charge in [0.05, 0.1) is 0 Å². The topological polar surface area (TPSA) is 78.9 Å². The quantitative estimate of drug-likeness (QED) is 0.0261. The highest BCUT2D eigenvalue weighted by molar-refractivity contribution is 5.71. The Balaban J connectivity index is 4.19. The van der Waals surface area contributed by atoms with Gasteiger partial charge in [-0.25, -0.2) is 0 Å². The number of carbonyl (C=O) groups excluding carboxylic acids is 3. The number of rotatable bonds is 62. The van der Waals surface area contributed by atoms with E-state index >= 15 is 0 Å². The number of carbonyl (C=O) groups is 3. The van der Waals surface area contributed by atoms with E-state index in [1.807, 2.05) is 0 Å². The van der Waals surface area contributed by atoms with Crippen LogP contribution in [0.4, 0.5) is 0 Å². The lowest BCUT2D eigenvalue weighted by molar-refractivity contribution is -0.167. The summed E-state index contributed by atoms with van der Waals surface area (Å²) in [5.74, 6) is -0.872. The van der Waals surface area contributed by atoms with Gasteiger partial charge in [0.25, 0.3) is 0 Å². The molecule has 0 aromatic rings. The highest BCUT2D eigenvalue weighted by atomic mass is 16.6. The molecule has 0 saturated carbocycles. The van der Waals surface area contributed by atoms with Crippen molar-refractivity contribution in [3.63, 3.8) is 0 Å². The average molecular weight is 1070 g/mol. The molecule has 0 aliphatic heterocycles. The minimum Gasteiger partial charge on any atom is -0.462 e. The van der Waals surface area contributed by atoms with Crippen molar-refractivity contribution in [1.82, 2.24) is 0 Å². The smallest absolute Gasteiger partial charge is 0.306 e. The Bertz CT molecular complexity index is 1310. The van der Waals surface area contributed by atoms with Gasteiger partial charge in [-0.05, 0) is 103 Å². The first-order valence-electron chi connectivity index (χ1n) is 33.6. The monoisotopic (exact) mass is 1060 g/mol. The van der Waals surface area contributed by atoms with Gasteiger partial charge >= 0.3 is 17.9 Å². The molecule has 0 aromatic carbocycles. The second kappa shape index (κ2) is 64.9. The molecule has 76 heavy (non-hydrogen) atoms. The molecule has 0 fully saturated rings. The fraction of sp³-hybridized carbons (Fsp3) is 0.843. The largest absolute Gasteiger partial charge is 0.462 e. The fourth-order valence-corrected chi connectivity index (χ4v) is 9.94. The summed E-state index contributed by atoms with van der Waals surface area (Å²) < 4.78 is 16.9. The lowest BCUT2D eigenvalue weighted by Gasteiger charge is -2.18. The number of unbranched alkanes of at least 4 members (excludes halogenated alkanes) is 43. The van der Waals surface area contributed by atoms with Crippen molar-refractivity contribution in [2.75, 3.05) is 13.2 Å². The first kappa shape index (κ1) is 73.4. The van der Waals surface area contributed by atoms with Crippen LogP contribution in [0.25, 0.3) is 0 Å². The maximum Gasteiger partial charge on any atom is 0.306 e. The Morgan fingerprint density at radius 2 is 0.474 bits per heavy atom. The Hall–Kier alpha value is -2.63. The highest BCUT2D eigenvalue weighted by Crippen LogP contribution is 2.17. The van der Waals surface area contributed by atoms with E-state index in [1.54, 1.807) is 0 Å². The molecule has 0 saturated heterocycles. The maximum absolute atomic E-state index is 12.9. The van der Waals surface area contributed by atoms with Crippen molar-refractivity contribution < 1.29 is 28.6 Å². The molecular weight excluding hydrogens is 937 g/mol. The summed E-state index contributed by atoms with van der Waals surface area (Å²) in [6.45, 7) is 6.65. The summed E-state index contributed by atoms with van der Waals surface area (Å²) >= 11 is 0. The molecule has 6 heteroatoms. The van der Waals surface area contributed by atoms with Crippen LogP contribution in [-0.4, -0.2) is 37.2 Å². The van der Waals surface area contributed by atoms with Crippen molar-refractivity contribution in [2.45, 2.75) is 367 Å². The molecule has 0 spiro atoms. The summed E-state index contributed by atoms with van der Waals surface area (Å²) in [7, 11) is 0. The van der Waals surface area contributed by atoms with Crippen LogP contribution in [0.3, 0.4) is 0 Å². The third-order valence-electron chi connectivity index (χ3n) is 15.0. The molecule has 0 heterocycles. The van der Waals surface area contributed by atoms with Gasteiger partial charge < -0.3 is 14.2 Å². The molecule has 0 rings (SSSR count). The van der Waals surface area contributed by atoms with Crippen molar-refractivity contribution in [3.8, 4) is 0 Å². The highest BCUT2D eigenvalue weighted by Gasteiger charge is 2.19. The van der Waals surface area contributed by atoms with Crippen LogP contribution < -0.4 is 0 Å². The van der Waals surface area contributed by atoms with E-state index in [2.05, 4.69) is 69.4 Å². The summed E-state index contributed by atoms with van der Waals surface area (Å²) in [4.78, 5) is 38.3. The van der Waals surface area contributed by atoms with Gasteiger partial charge in [-0.2, -0.15) is 0 Å². The minimum atomic E-state index is -0.779. The first-order valence-corrected chi connectivity index (χ1v) is 33.6. The van der Waals surface area contributed by atoms with Gasteiger partial charge in [-0.3, -0.25) is 14.4 Å². The zero-order valence-corrected chi connectivity index (χ0v) is 51.0. The van der Waals surface area contributed by atoms with Crippen molar-refractivity contribution in [3.05, 3.63) is 48.6 Å². The zero-order chi connectivity index (χ0) is 55.0. The van der Waals surface area contributed by atoms with Crippen molar-refractivity contribution >= 4 is 17.9 Å². The molecule has 0 aliphatic rings. The number of allylic oxidation sites excluding steroid dienone is 8. The third-order valence-corrected chi connectivity index (χ3v) is 15.0. The van der Waals surface area contributed by atoms with Gasteiger partial charge in [0.15, 0.2) is 6.10 Å². The molecule has 6 nitrogen and oxygen atoms in total. The van der Waals surface area contributed by atoms with E-state index in [1.165, 1.54) is 244 Å². The van der Waals surface area contributed by atoms with E-state index in [9.17, 15) is 14.4 Å². The Labute approximate surface area is 473 Å². The first-order chi connectivity index (χ1) is 37.5. The molecule has 0 amide bonds. The van der Waals surface area contributed by atoms with E-state index in [0.717, 1.165) is 77.0 Å². The van der Waals surface area contributed by atoms with Gasteiger partial charge in [-0.15, -0.1) is 0 Å². The molecule has 1 atom stereocenters. The Morgan fingerprint density at radius 3 is 0.737 bits per heavy atom.